The predicted octanol–water partition coefficient (Wildman–Crippen LogP) is 1.52. The molecule has 0 aromatic heterocycles. The Balaban J connectivity index is 2.81. The Morgan fingerprint density at radius 3 is 2.18 bits per heavy atom. The Bertz CT molecular complexity index is 360. The van der Waals surface area contributed by atoms with Gasteiger partial charge in [0.25, 0.3) is 5.91 Å². The molecule has 17 heavy (non-hydrogen) atoms. The molecule has 0 unspecified atom stereocenters. The number of rotatable bonds is 5. The third-order valence-corrected chi connectivity index (χ3v) is 3.30. The Labute approximate surface area is 102 Å². The Morgan fingerprint density at radius 1 is 1.24 bits per heavy atom. The van der Waals surface area contributed by atoms with Gasteiger partial charge in [-0.25, -0.2) is 0 Å². The van der Waals surface area contributed by atoms with E-state index in [9.17, 15) is 4.79 Å². The summed E-state index contributed by atoms with van der Waals surface area (Å²) in [6, 6.07) is 6.88. The van der Waals surface area contributed by atoms with Crippen molar-refractivity contribution in [3.8, 4) is 0 Å². The molecule has 1 rings (SSSR count). The van der Waals surface area contributed by atoms with Gasteiger partial charge in [0, 0.05) is 17.8 Å². The lowest BCUT2D eigenvalue weighted by Gasteiger charge is -2.31. The zero-order valence-corrected chi connectivity index (χ0v) is 10.5. The summed E-state index contributed by atoms with van der Waals surface area (Å²) in [4.78, 5) is 12.0. The van der Waals surface area contributed by atoms with Gasteiger partial charge in [0.15, 0.2) is 0 Å². The Hall–Kier alpha value is -1.55. The lowest BCUT2D eigenvalue weighted by Crippen LogP contribution is -2.52. The molecule has 1 aromatic carbocycles. The molecule has 94 valence electrons. The first-order chi connectivity index (χ1) is 8.06. The molecule has 0 bridgehead atoms. The summed E-state index contributed by atoms with van der Waals surface area (Å²) in [6.07, 6.45) is 1.64. The number of hydrogen-bond acceptors (Lipinski definition) is 3. The van der Waals surface area contributed by atoms with Crippen LogP contribution in [0.15, 0.2) is 24.3 Å². The average molecular weight is 235 g/mol. The summed E-state index contributed by atoms with van der Waals surface area (Å²) in [5.41, 5.74) is 12.3. The topological polar surface area (TPSA) is 81.1 Å². The molecule has 0 atom stereocenters. The standard InChI is InChI=1S/C13H21N3O/c1-3-13(4-2,9-14)16-12(17)10-5-7-11(15)8-6-10/h5-8H,3-4,9,14-15H2,1-2H3,(H,16,17). The van der Waals surface area contributed by atoms with Crippen molar-refractivity contribution in [1.82, 2.24) is 5.32 Å². The lowest BCUT2D eigenvalue weighted by atomic mass is 9.92. The Morgan fingerprint density at radius 2 is 1.76 bits per heavy atom. The molecule has 5 N–H and O–H groups in total. The fourth-order valence-electron chi connectivity index (χ4n) is 1.71. The molecule has 0 heterocycles. The molecule has 0 spiro atoms. The molecular formula is C13H21N3O. The molecule has 0 radical (unpaired) electrons. The van der Waals surface area contributed by atoms with E-state index in [-0.39, 0.29) is 11.4 Å². The molecule has 4 heteroatoms. The first kappa shape index (κ1) is 13.5. The van der Waals surface area contributed by atoms with E-state index in [2.05, 4.69) is 5.32 Å². The van der Waals surface area contributed by atoms with Crippen LogP contribution in [-0.4, -0.2) is 18.0 Å². The van der Waals surface area contributed by atoms with E-state index in [0.29, 0.717) is 17.8 Å². The van der Waals surface area contributed by atoms with Gasteiger partial charge in [-0.1, -0.05) is 13.8 Å². The third kappa shape index (κ3) is 3.20. The van der Waals surface area contributed by atoms with Crippen LogP contribution in [0.3, 0.4) is 0 Å². The van der Waals surface area contributed by atoms with E-state index >= 15 is 0 Å². The van der Waals surface area contributed by atoms with Crippen LogP contribution in [0.2, 0.25) is 0 Å². The van der Waals surface area contributed by atoms with Crippen LogP contribution in [0.1, 0.15) is 37.0 Å². The second-order valence-electron chi connectivity index (χ2n) is 4.27. The van der Waals surface area contributed by atoms with E-state index in [4.69, 9.17) is 11.5 Å². The smallest absolute Gasteiger partial charge is 0.251 e. The summed E-state index contributed by atoms with van der Waals surface area (Å²) in [7, 11) is 0. The van der Waals surface area contributed by atoms with Crippen molar-refractivity contribution >= 4 is 11.6 Å². The summed E-state index contributed by atoms with van der Waals surface area (Å²) >= 11 is 0. The van der Waals surface area contributed by atoms with Gasteiger partial charge in [0.2, 0.25) is 0 Å². The van der Waals surface area contributed by atoms with E-state index < -0.39 is 0 Å². The quantitative estimate of drug-likeness (QED) is 0.677. The van der Waals surface area contributed by atoms with E-state index in [1.807, 2.05) is 13.8 Å². The number of nitrogen functional groups attached to an aromatic ring is 1. The van der Waals surface area contributed by atoms with E-state index in [1.54, 1.807) is 24.3 Å². The maximum atomic E-state index is 12.0. The predicted molar refractivity (Wildman–Crippen MR) is 70.7 cm³/mol. The van der Waals surface area contributed by atoms with Crippen LogP contribution in [0.4, 0.5) is 5.69 Å². The SMILES string of the molecule is CCC(CC)(CN)NC(=O)c1ccc(N)cc1. The minimum Gasteiger partial charge on any atom is -0.399 e. The fourth-order valence-corrected chi connectivity index (χ4v) is 1.71. The van der Waals surface area contributed by atoms with Gasteiger partial charge in [-0.3, -0.25) is 4.79 Å². The normalized spacial score (nSPS) is 11.2. The van der Waals surface area contributed by atoms with Crippen molar-refractivity contribution in [3.63, 3.8) is 0 Å². The first-order valence-corrected chi connectivity index (χ1v) is 5.95. The second kappa shape index (κ2) is 5.68. The number of carbonyl (C=O) groups is 1. The average Bonchev–Trinajstić information content (AvgIpc) is 2.37. The van der Waals surface area contributed by atoms with E-state index in [0.717, 1.165) is 12.8 Å². The maximum absolute atomic E-state index is 12.0. The highest BCUT2D eigenvalue weighted by atomic mass is 16.1. The first-order valence-electron chi connectivity index (χ1n) is 5.95. The molecule has 0 aliphatic carbocycles. The number of anilines is 1. The summed E-state index contributed by atoms with van der Waals surface area (Å²) in [5.74, 6) is -0.0980. The number of nitrogens with one attached hydrogen (secondary N) is 1. The highest BCUT2D eigenvalue weighted by Crippen LogP contribution is 2.15. The minimum absolute atomic E-state index is 0.0980. The molecule has 1 amide bonds. The molecule has 0 saturated carbocycles. The third-order valence-electron chi connectivity index (χ3n) is 3.30. The highest BCUT2D eigenvalue weighted by molar-refractivity contribution is 5.95. The van der Waals surface area contributed by atoms with Crippen molar-refractivity contribution < 1.29 is 4.79 Å². The number of carbonyl (C=O) groups excluding carboxylic acids is 1. The van der Waals surface area contributed by atoms with Crippen molar-refractivity contribution in [2.75, 3.05) is 12.3 Å². The van der Waals surface area contributed by atoms with E-state index in [1.165, 1.54) is 0 Å². The van der Waals surface area contributed by atoms with Gasteiger partial charge < -0.3 is 16.8 Å². The van der Waals surface area contributed by atoms with Crippen molar-refractivity contribution in [2.24, 2.45) is 5.73 Å². The van der Waals surface area contributed by atoms with Crippen LogP contribution < -0.4 is 16.8 Å². The van der Waals surface area contributed by atoms with Crippen molar-refractivity contribution in [1.29, 1.82) is 0 Å². The highest BCUT2D eigenvalue weighted by Gasteiger charge is 2.26. The molecule has 0 saturated heterocycles. The number of nitrogens with two attached hydrogens (primary N) is 2. The van der Waals surface area contributed by atoms with Crippen LogP contribution in [0, 0.1) is 0 Å². The lowest BCUT2D eigenvalue weighted by molar-refractivity contribution is 0.0895. The molecule has 0 aliphatic rings. The monoisotopic (exact) mass is 235 g/mol. The molecule has 0 aliphatic heterocycles. The van der Waals surface area contributed by atoms with Gasteiger partial charge in [0.1, 0.15) is 0 Å². The fraction of sp³-hybridized carbons (Fsp3) is 0.462. The zero-order chi connectivity index (χ0) is 12.9. The molecule has 4 nitrogen and oxygen atoms in total. The minimum atomic E-state index is -0.307. The van der Waals surface area contributed by atoms with Crippen molar-refractivity contribution in [3.05, 3.63) is 29.8 Å². The van der Waals surface area contributed by atoms with Gasteiger partial charge in [-0.2, -0.15) is 0 Å². The number of benzene rings is 1. The molecule has 0 fully saturated rings. The number of amides is 1. The van der Waals surface area contributed by atoms with Crippen LogP contribution >= 0.6 is 0 Å². The second-order valence-corrected chi connectivity index (χ2v) is 4.27. The number of hydrogen-bond donors (Lipinski definition) is 3. The Kier molecular flexibility index (Phi) is 4.52. The largest absolute Gasteiger partial charge is 0.399 e. The van der Waals surface area contributed by atoms with Gasteiger partial charge in [-0.15, -0.1) is 0 Å². The summed E-state index contributed by atoms with van der Waals surface area (Å²) in [5, 5.41) is 3.01. The molecule has 1 aromatic rings. The summed E-state index contributed by atoms with van der Waals surface area (Å²) in [6.45, 7) is 4.50. The van der Waals surface area contributed by atoms with Crippen LogP contribution in [-0.2, 0) is 0 Å². The maximum Gasteiger partial charge on any atom is 0.251 e. The van der Waals surface area contributed by atoms with Crippen molar-refractivity contribution in [2.45, 2.75) is 32.2 Å². The zero-order valence-electron chi connectivity index (χ0n) is 10.5. The van der Waals surface area contributed by atoms with Gasteiger partial charge in [-0.05, 0) is 37.1 Å². The summed E-state index contributed by atoms with van der Waals surface area (Å²) < 4.78 is 0. The van der Waals surface area contributed by atoms with Crippen LogP contribution in [0.25, 0.3) is 0 Å². The van der Waals surface area contributed by atoms with Gasteiger partial charge >= 0.3 is 0 Å². The van der Waals surface area contributed by atoms with Crippen LogP contribution in [0.5, 0.6) is 0 Å². The molecular weight excluding hydrogens is 214 g/mol. The van der Waals surface area contributed by atoms with Gasteiger partial charge in [0.05, 0.1) is 5.54 Å².